The molecule has 170 valence electrons. The maximum atomic E-state index is 5.68. The number of nitrogens with two attached hydrogens (primary N) is 1. The van der Waals surface area contributed by atoms with E-state index in [1.165, 1.54) is 59.7 Å². The number of nitrogens with one attached hydrogen (secondary N) is 1. The van der Waals surface area contributed by atoms with Gasteiger partial charge in [0.1, 0.15) is 0 Å². The van der Waals surface area contributed by atoms with E-state index in [-0.39, 0.29) is 24.8 Å². The molecule has 1 aliphatic rings. The Bertz CT molecular complexity index is 931. The van der Waals surface area contributed by atoms with E-state index < -0.39 is 0 Å². The fourth-order valence-corrected chi connectivity index (χ4v) is 5.03. The zero-order chi connectivity index (χ0) is 20.1. The summed E-state index contributed by atoms with van der Waals surface area (Å²) in [4.78, 5) is 0. The summed E-state index contributed by atoms with van der Waals surface area (Å²) in [6, 6.07) is 18.7. The van der Waals surface area contributed by atoms with E-state index >= 15 is 0 Å². The normalized spacial score (nSPS) is 15.3. The summed E-state index contributed by atoms with van der Waals surface area (Å²) in [6.45, 7) is 4.75. The molecular weight excluding hydrogens is 425 g/mol. The number of rotatable bonds is 8. The first kappa shape index (κ1) is 25.7. The van der Waals surface area contributed by atoms with E-state index in [2.05, 4.69) is 71.5 Å². The standard InChI is InChI=1S/C26H35N3.2ClH/c1-20-8-7-9-21(18-20)23(14-16-28-17-15-27)25-19-29(22-10-3-2-4-11-22)26-13-6-5-12-24(25)26;;/h5-9,12-13,18-19,22-23,28H,2-4,10-11,14-17,27H2,1H3;2*1H. The van der Waals surface area contributed by atoms with Gasteiger partial charge in [0.2, 0.25) is 0 Å². The molecular formula is C26H37Cl2N3. The first-order chi connectivity index (χ1) is 14.3. The van der Waals surface area contributed by atoms with Crippen LogP contribution >= 0.6 is 24.8 Å². The molecule has 1 aromatic heterocycles. The van der Waals surface area contributed by atoms with Crippen molar-refractivity contribution in [2.45, 2.75) is 57.4 Å². The zero-order valence-corrected chi connectivity index (χ0v) is 20.2. The number of hydrogen-bond donors (Lipinski definition) is 2. The molecule has 1 saturated carbocycles. The molecule has 1 fully saturated rings. The number of fused-ring (bicyclic) bond motifs is 1. The number of para-hydroxylation sites is 1. The van der Waals surface area contributed by atoms with Crippen LogP contribution in [0.5, 0.6) is 0 Å². The lowest BCUT2D eigenvalue weighted by Crippen LogP contribution is -2.24. The minimum absolute atomic E-state index is 0. The fourth-order valence-electron chi connectivity index (χ4n) is 5.03. The zero-order valence-electron chi connectivity index (χ0n) is 18.6. The highest BCUT2D eigenvalue weighted by Crippen LogP contribution is 2.38. The highest BCUT2D eigenvalue weighted by molar-refractivity contribution is 5.86. The second-order valence-electron chi connectivity index (χ2n) is 8.59. The lowest BCUT2D eigenvalue weighted by Gasteiger charge is -2.24. The molecule has 1 atom stereocenters. The average molecular weight is 463 g/mol. The second-order valence-corrected chi connectivity index (χ2v) is 8.59. The van der Waals surface area contributed by atoms with Crippen LogP contribution in [-0.2, 0) is 0 Å². The van der Waals surface area contributed by atoms with E-state index in [0.717, 1.165) is 19.5 Å². The number of aromatic nitrogens is 1. The van der Waals surface area contributed by atoms with Crippen molar-refractivity contribution in [3.63, 3.8) is 0 Å². The third-order valence-corrected chi connectivity index (χ3v) is 6.49. The van der Waals surface area contributed by atoms with E-state index in [0.29, 0.717) is 18.5 Å². The van der Waals surface area contributed by atoms with Gasteiger partial charge in [0.25, 0.3) is 0 Å². The van der Waals surface area contributed by atoms with Gasteiger partial charge in [0.05, 0.1) is 0 Å². The molecule has 3 N–H and O–H groups in total. The van der Waals surface area contributed by atoms with E-state index in [1.807, 2.05) is 0 Å². The van der Waals surface area contributed by atoms with Gasteiger partial charge in [0.15, 0.2) is 0 Å². The maximum absolute atomic E-state index is 5.68. The van der Waals surface area contributed by atoms with Crippen LogP contribution in [0.25, 0.3) is 10.9 Å². The Hall–Kier alpha value is -1.52. The highest BCUT2D eigenvalue weighted by Gasteiger charge is 2.23. The Morgan fingerprint density at radius 3 is 2.52 bits per heavy atom. The molecule has 2 aromatic carbocycles. The lowest BCUT2D eigenvalue weighted by molar-refractivity contribution is 0.360. The Balaban J connectivity index is 0.00000171. The third-order valence-electron chi connectivity index (χ3n) is 6.49. The molecule has 3 aromatic rings. The topological polar surface area (TPSA) is 43.0 Å². The van der Waals surface area contributed by atoms with Crippen molar-refractivity contribution in [3.8, 4) is 0 Å². The number of hydrogen-bond acceptors (Lipinski definition) is 2. The molecule has 1 aliphatic carbocycles. The van der Waals surface area contributed by atoms with Gasteiger partial charge in [-0.15, -0.1) is 24.8 Å². The molecule has 1 unspecified atom stereocenters. The summed E-state index contributed by atoms with van der Waals surface area (Å²) in [5.41, 5.74) is 11.3. The lowest BCUT2D eigenvalue weighted by atomic mass is 9.87. The van der Waals surface area contributed by atoms with Crippen LogP contribution < -0.4 is 11.1 Å². The van der Waals surface area contributed by atoms with Gasteiger partial charge in [-0.25, -0.2) is 0 Å². The van der Waals surface area contributed by atoms with Crippen molar-refractivity contribution in [1.29, 1.82) is 0 Å². The molecule has 31 heavy (non-hydrogen) atoms. The Labute approximate surface area is 199 Å². The predicted molar refractivity (Wildman–Crippen MR) is 138 cm³/mol. The molecule has 3 nitrogen and oxygen atoms in total. The van der Waals surface area contributed by atoms with Crippen LogP contribution in [0.3, 0.4) is 0 Å². The first-order valence-corrected chi connectivity index (χ1v) is 11.3. The second kappa shape index (κ2) is 12.5. The summed E-state index contributed by atoms with van der Waals surface area (Å²) >= 11 is 0. The van der Waals surface area contributed by atoms with Crippen LogP contribution in [0.15, 0.2) is 54.7 Å². The Kier molecular flexibility index (Phi) is 10.4. The van der Waals surface area contributed by atoms with Crippen LogP contribution in [-0.4, -0.2) is 24.2 Å². The number of benzene rings is 2. The summed E-state index contributed by atoms with van der Waals surface area (Å²) in [5, 5.41) is 4.93. The van der Waals surface area contributed by atoms with Gasteiger partial charge in [-0.2, -0.15) is 0 Å². The third kappa shape index (κ3) is 6.04. The number of halogens is 2. The quantitative estimate of drug-likeness (QED) is 0.382. The minimum atomic E-state index is 0. The Morgan fingerprint density at radius 2 is 1.77 bits per heavy atom. The van der Waals surface area contributed by atoms with Gasteiger partial charge < -0.3 is 15.6 Å². The number of nitrogens with zero attached hydrogens (tertiary/aromatic N) is 1. The van der Waals surface area contributed by atoms with E-state index in [1.54, 1.807) is 0 Å². The molecule has 0 saturated heterocycles. The van der Waals surface area contributed by atoms with Crippen molar-refractivity contribution in [1.82, 2.24) is 9.88 Å². The van der Waals surface area contributed by atoms with Crippen molar-refractivity contribution < 1.29 is 0 Å². The monoisotopic (exact) mass is 461 g/mol. The molecule has 0 bridgehead atoms. The summed E-state index contributed by atoms with van der Waals surface area (Å²) < 4.78 is 2.60. The molecule has 0 aliphatic heterocycles. The van der Waals surface area contributed by atoms with Crippen molar-refractivity contribution in [2.75, 3.05) is 19.6 Å². The van der Waals surface area contributed by atoms with Gasteiger partial charge in [-0.05, 0) is 49.9 Å². The smallest absolute Gasteiger partial charge is 0.0485 e. The van der Waals surface area contributed by atoms with E-state index in [4.69, 9.17) is 5.73 Å². The highest BCUT2D eigenvalue weighted by atomic mass is 35.5. The molecule has 1 heterocycles. The van der Waals surface area contributed by atoms with Gasteiger partial charge in [0, 0.05) is 42.1 Å². The molecule has 4 rings (SSSR count). The summed E-state index contributed by atoms with van der Waals surface area (Å²) in [6.07, 6.45) is 10.3. The maximum Gasteiger partial charge on any atom is 0.0485 e. The summed E-state index contributed by atoms with van der Waals surface area (Å²) in [7, 11) is 0. The van der Waals surface area contributed by atoms with Crippen LogP contribution in [0.4, 0.5) is 0 Å². The van der Waals surface area contributed by atoms with Crippen LogP contribution in [0, 0.1) is 6.92 Å². The Morgan fingerprint density at radius 1 is 1.00 bits per heavy atom. The molecule has 5 heteroatoms. The van der Waals surface area contributed by atoms with Crippen LogP contribution in [0.1, 0.15) is 67.2 Å². The van der Waals surface area contributed by atoms with E-state index in [9.17, 15) is 0 Å². The minimum Gasteiger partial charge on any atom is -0.344 e. The number of aryl methyl sites for hydroxylation is 1. The van der Waals surface area contributed by atoms with Crippen LogP contribution in [0.2, 0.25) is 0 Å². The largest absolute Gasteiger partial charge is 0.344 e. The fraction of sp³-hybridized carbons (Fsp3) is 0.462. The van der Waals surface area contributed by atoms with Gasteiger partial charge >= 0.3 is 0 Å². The first-order valence-electron chi connectivity index (χ1n) is 11.3. The van der Waals surface area contributed by atoms with Crippen molar-refractivity contribution in [3.05, 3.63) is 71.4 Å². The molecule has 0 spiro atoms. The molecule has 0 amide bonds. The SMILES string of the molecule is Cc1cccc(C(CCNCCN)c2cn(C3CCCCC3)c3ccccc23)c1.Cl.Cl. The predicted octanol–water partition coefficient (Wildman–Crippen LogP) is 6.37. The van der Waals surface area contributed by atoms with Gasteiger partial charge in [-0.1, -0.05) is 67.3 Å². The van der Waals surface area contributed by atoms with Gasteiger partial charge in [-0.3, -0.25) is 0 Å². The van der Waals surface area contributed by atoms with Crippen molar-refractivity contribution >= 4 is 35.7 Å². The van der Waals surface area contributed by atoms with Crippen molar-refractivity contribution in [2.24, 2.45) is 5.73 Å². The molecule has 0 radical (unpaired) electrons. The summed E-state index contributed by atoms with van der Waals surface area (Å²) in [5.74, 6) is 0.398. The average Bonchev–Trinajstić information content (AvgIpc) is 3.14.